The maximum Gasteiger partial charge on any atom is 0.311 e. The zero-order valence-corrected chi connectivity index (χ0v) is 17.4. The van der Waals surface area contributed by atoms with Gasteiger partial charge in [0.15, 0.2) is 0 Å². The van der Waals surface area contributed by atoms with Gasteiger partial charge in [-0.1, -0.05) is 38.3 Å². The first kappa shape index (κ1) is 21.8. The lowest BCUT2D eigenvalue weighted by Gasteiger charge is -2.23. The average molecular weight is 412 g/mol. The summed E-state index contributed by atoms with van der Waals surface area (Å²) < 4.78 is 2.09. The third kappa shape index (κ3) is 4.81. The van der Waals surface area contributed by atoms with Gasteiger partial charge >= 0.3 is 11.9 Å². The van der Waals surface area contributed by atoms with Crippen LogP contribution >= 0.6 is 0 Å². The largest absolute Gasteiger partial charge is 0.481 e. The van der Waals surface area contributed by atoms with E-state index in [4.69, 9.17) is 10.2 Å². The summed E-state index contributed by atoms with van der Waals surface area (Å²) >= 11 is 0. The van der Waals surface area contributed by atoms with Gasteiger partial charge < -0.3 is 10.2 Å². The zero-order valence-electron chi connectivity index (χ0n) is 17.4. The molecule has 2 aromatic rings. The third-order valence-corrected chi connectivity index (χ3v) is 6.17. The highest BCUT2D eigenvalue weighted by atomic mass is 16.4. The predicted molar refractivity (Wildman–Crippen MR) is 112 cm³/mol. The topological polar surface area (TPSA) is 116 Å². The molecule has 30 heavy (non-hydrogen) atoms. The van der Waals surface area contributed by atoms with Crippen molar-refractivity contribution in [3.63, 3.8) is 0 Å². The van der Waals surface area contributed by atoms with E-state index < -0.39 is 23.8 Å². The Hall–Kier alpha value is -2.88. The summed E-state index contributed by atoms with van der Waals surface area (Å²) in [5.41, 5.74) is 2.62. The highest BCUT2D eigenvalue weighted by Crippen LogP contribution is 2.34. The fraction of sp³-hybridized carbons (Fsp3) is 0.565. The second-order valence-corrected chi connectivity index (χ2v) is 8.20. The van der Waals surface area contributed by atoms with E-state index in [1.54, 1.807) is 0 Å². The van der Waals surface area contributed by atoms with Crippen LogP contribution in [0.25, 0.3) is 10.9 Å². The van der Waals surface area contributed by atoms with Gasteiger partial charge in [0, 0.05) is 17.7 Å². The quantitative estimate of drug-likeness (QED) is 0.619. The number of fused-ring (bicyclic) bond motifs is 1. The summed E-state index contributed by atoms with van der Waals surface area (Å²) in [4.78, 5) is 22.9. The van der Waals surface area contributed by atoms with Crippen molar-refractivity contribution in [3.8, 4) is 6.07 Å². The summed E-state index contributed by atoms with van der Waals surface area (Å²) in [5.74, 6) is -3.45. The number of aromatic nitrogens is 2. The van der Waals surface area contributed by atoms with Crippen molar-refractivity contribution in [2.24, 2.45) is 5.92 Å². The van der Waals surface area contributed by atoms with Gasteiger partial charge in [0.1, 0.15) is 0 Å². The van der Waals surface area contributed by atoms with E-state index in [0.29, 0.717) is 11.6 Å². The first-order valence-electron chi connectivity index (χ1n) is 10.8. The Balaban J connectivity index is 1.95. The predicted octanol–water partition coefficient (Wildman–Crippen LogP) is 4.67. The van der Waals surface area contributed by atoms with E-state index in [9.17, 15) is 20.0 Å². The molecule has 7 heteroatoms. The number of nitriles is 1. The molecule has 0 radical (unpaired) electrons. The van der Waals surface area contributed by atoms with Crippen LogP contribution in [0.4, 0.5) is 0 Å². The molecule has 160 valence electrons. The Labute approximate surface area is 176 Å². The lowest BCUT2D eigenvalue weighted by atomic mass is 9.86. The highest BCUT2D eigenvalue weighted by Gasteiger charge is 2.27. The van der Waals surface area contributed by atoms with E-state index in [-0.39, 0.29) is 19.3 Å². The van der Waals surface area contributed by atoms with Crippen LogP contribution in [0.15, 0.2) is 18.2 Å². The molecule has 1 saturated carbocycles. The lowest BCUT2D eigenvalue weighted by Crippen LogP contribution is -2.17. The summed E-state index contributed by atoms with van der Waals surface area (Å²) in [6.45, 7) is 2.07. The Morgan fingerprint density at radius 2 is 2.00 bits per heavy atom. The van der Waals surface area contributed by atoms with Crippen molar-refractivity contribution in [2.45, 2.75) is 76.7 Å². The number of aryl methyl sites for hydroxylation is 1. The van der Waals surface area contributed by atoms with Crippen molar-refractivity contribution < 1.29 is 19.8 Å². The van der Waals surface area contributed by atoms with Crippen molar-refractivity contribution in [1.29, 1.82) is 5.26 Å². The SMILES string of the molecule is CCc1nn(C2CCCCC2)c2cc(C(CC(C#N)CCC(=O)O)C(=O)O)ccc12. The van der Waals surface area contributed by atoms with E-state index in [1.807, 2.05) is 18.2 Å². The molecular weight excluding hydrogens is 382 g/mol. The highest BCUT2D eigenvalue weighted by molar-refractivity contribution is 5.85. The van der Waals surface area contributed by atoms with Gasteiger partial charge in [0.25, 0.3) is 0 Å². The van der Waals surface area contributed by atoms with Crippen LogP contribution in [-0.2, 0) is 16.0 Å². The van der Waals surface area contributed by atoms with Gasteiger partial charge in [-0.2, -0.15) is 10.4 Å². The Kier molecular flexibility index (Phi) is 7.09. The van der Waals surface area contributed by atoms with Crippen LogP contribution in [0.3, 0.4) is 0 Å². The maximum absolute atomic E-state index is 12.0. The number of aliphatic carboxylic acids is 2. The van der Waals surface area contributed by atoms with Gasteiger partial charge in [-0.25, -0.2) is 0 Å². The lowest BCUT2D eigenvalue weighted by molar-refractivity contribution is -0.139. The zero-order chi connectivity index (χ0) is 21.7. The number of hydrogen-bond donors (Lipinski definition) is 2. The van der Waals surface area contributed by atoms with E-state index in [1.165, 1.54) is 19.3 Å². The number of hydrogen-bond acceptors (Lipinski definition) is 4. The molecule has 2 unspecified atom stereocenters. The van der Waals surface area contributed by atoms with Gasteiger partial charge in [0.05, 0.1) is 29.2 Å². The van der Waals surface area contributed by atoms with Crippen molar-refractivity contribution >= 4 is 22.8 Å². The Bertz CT molecular complexity index is 953. The maximum atomic E-state index is 12.0. The second kappa shape index (κ2) is 9.75. The minimum Gasteiger partial charge on any atom is -0.481 e. The van der Waals surface area contributed by atoms with E-state index >= 15 is 0 Å². The fourth-order valence-corrected chi connectivity index (χ4v) is 4.50. The van der Waals surface area contributed by atoms with Crippen molar-refractivity contribution in [2.75, 3.05) is 0 Å². The summed E-state index contributed by atoms with van der Waals surface area (Å²) in [5, 5.41) is 34.0. The molecule has 0 spiro atoms. The molecule has 1 heterocycles. The normalized spacial score (nSPS) is 16.8. The average Bonchev–Trinajstić information content (AvgIpc) is 3.12. The van der Waals surface area contributed by atoms with Crippen LogP contribution in [0, 0.1) is 17.2 Å². The molecule has 0 saturated heterocycles. The minimum atomic E-state index is -0.996. The van der Waals surface area contributed by atoms with Gasteiger partial charge in [0.2, 0.25) is 0 Å². The fourth-order valence-electron chi connectivity index (χ4n) is 4.50. The smallest absolute Gasteiger partial charge is 0.311 e. The molecule has 7 nitrogen and oxygen atoms in total. The molecule has 2 N–H and O–H groups in total. The van der Waals surface area contributed by atoms with Gasteiger partial charge in [-0.15, -0.1) is 0 Å². The molecule has 1 aliphatic carbocycles. The Morgan fingerprint density at radius 3 is 2.60 bits per heavy atom. The molecule has 0 bridgehead atoms. The summed E-state index contributed by atoms with van der Waals surface area (Å²) in [7, 11) is 0. The molecule has 2 atom stereocenters. The molecule has 1 fully saturated rings. The summed E-state index contributed by atoms with van der Waals surface area (Å²) in [6, 6.07) is 8.10. The Morgan fingerprint density at radius 1 is 1.27 bits per heavy atom. The molecule has 0 amide bonds. The molecule has 3 rings (SSSR count). The van der Waals surface area contributed by atoms with Gasteiger partial charge in [-0.05, 0) is 43.7 Å². The number of carboxylic acids is 2. The first-order chi connectivity index (χ1) is 14.4. The first-order valence-corrected chi connectivity index (χ1v) is 10.8. The van der Waals surface area contributed by atoms with Gasteiger partial charge in [-0.3, -0.25) is 14.3 Å². The molecule has 1 aromatic carbocycles. The molecule has 1 aliphatic rings. The minimum absolute atomic E-state index is 0.100. The standard InChI is InChI=1S/C23H29N3O4/c1-2-20-18-10-9-16(13-21(18)26(25-20)17-6-4-3-5-7-17)19(23(29)30)12-15(14-24)8-11-22(27)28/h9-10,13,15,17,19H,2-8,11-12H2,1H3,(H,27,28)(H,29,30). The van der Waals surface area contributed by atoms with Crippen LogP contribution in [0.5, 0.6) is 0 Å². The van der Waals surface area contributed by atoms with Crippen molar-refractivity contribution in [1.82, 2.24) is 9.78 Å². The molecular formula is C23H29N3O4. The van der Waals surface area contributed by atoms with Crippen LogP contribution in [-0.4, -0.2) is 31.9 Å². The van der Waals surface area contributed by atoms with Crippen LogP contribution < -0.4 is 0 Å². The molecule has 1 aromatic heterocycles. The monoisotopic (exact) mass is 411 g/mol. The number of carbonyl (C=O) groups is 2. The number of carboxylic acid groups (broad SMARTS) is 2. The number of nitrogens with zero attached hydrogens (tertiary/aromatic N) is 3. The second-order valence-electron chi connectivity index (χ2n) is 8.20. The van der Waals surface area contributed by atoms with Crippen molar-refractivity contribution in [3.05, 3.63) is 29.5 Å². The van der Waals surface area contributed by atoms with Crippen LogP contribution in [0.2, 0.25) is 0 Å². The van der Waals surface area contributed by atoms with E-state index in [2.05, 4.69) is 17.7 Å². The third-order valence-electron chi connectivity index (χ3n) is 6.17. The molecule has 0 aliphatic heterocycles. The van der Waals surface area contributed by atoms with E-state index in [0.717, 1.165) is 35.9 Å². The summed E-state index contributed by atoms with van der Waals surface area (Å²) in [6.07, 6.45) is 6.68. The van der Waals surface area contributed by atoms with Crippen LogP contribution in [0.1, 0.15) is 81.5 Å². The number of rotatable bonds is 9. The number of benzene rings is 1.